The van der Waals surface area contributed by atoms with E-state index in [1.807, 2.05) is 0 Å². The van der Waals surface area contributed by atoms with Crippen LogP contribution in [0.3, 0.4) is 0 Å². The maximum absolute atomic E-state index is 15.0. The van der Waals surface area contributed by atoms with Crippen LogP contribution >= 0.6 is 0 Å². The Labute approximate surface area is 834 Å². The highest BCUT2D eigenvalue weighted by atomic mass is 16.7. The molecule has 44 nitrogen and oxygen atoms in total. The molecule has 14 N–H and O–H groups in total. The number of Topliss-reactive ketones (excluding diaryl/α,β-unsaturated/α-hetero) is 3. The van der Waals surface area contributed by atoms with Crippen LogP contribution in [0.4, 0.5) is 15.3 Å². The zero-order valence-electron chi connectivity index (χ0n) is 81.0. The number of methoxy groups -OCH3 is 3. The zero-order chi connectivity index (χ0) is 104. The van der Waals surface area contributed by atoms with Crippen molar-refractivity contribution in [1.29, 1.82) is 0 Å². The molecule has 3 unspecified atom stereocenters. The van der Waals surface area contributed by atoms with Crippen LogP contribution in [0.25, 0.3) is 0 Å². The molecule has 4 amide bonds. The van der Waals surface area contributed by atoms with Crippen LogP contribution in [0, 0.1) is 6.92 Å². The highest BCUT2D eigenvalue weighted by Gasteiger charge is 2.51. The predicted octanol–water partition coefficient (Wildman–Crippen LogP) is 3.67. The summed E-state index contributed by atoms with van der Waals surface area (Å²) in [5, 5.41) is 122. The molecule has 5 fully saturated rings. The Morgan fingerprint density at radius 2 is 0.938 bits per heavy atom. The number of rotatable bonds is 51. The second-order valence-corrected chi connectivity index (χ2v) is 35.9. The molecule has 7 aliphatic rings. The number of ketones is 3. The van der Waals surface area contributed by atoms with Crippen LogP contribution in [0.2, 0.25) is 0 Å². The molecule has 7 heterocycles. The summed E-state index contributed by atoms with van der Waals surface area (Å²) in [7, 11) is 4.29. The fourth-order valence-corrected chi connectivity index (χ4v) is 17.5. The Morgan fingerprint density at radius 1 is 0.455 bits per heavy atom. The van der Waals surface area contributed by atoms with Crippen molar-refractivity contribution in [3.63, 3.8) is 0 Å². The monoisotopic (exact) mass is 2030 g/mol. The Balaban J connectivity index is 0.713. The predicted molar refractivity (Wildman–Crippen MR) is 504 cm³/mol. The first-order chi connectivity index (χ1) is 69.8. The number of carbonyl (C=O) groups is 8. The van der Waals surface area contributed by atoms with Gasteiger partial charge >= 0.3 is 18.2 Å². The number of hydrogen-bond donors (Lipinski definition) is 13. The van der Waals surface area contributed by atoms with Crippen molar-refractivity contribution in [3.8, 4) is 40.2 Å². The number of anilines is 1. The fraction of sp³-hybridized carbons (Fsp3) is 0.525. The van der Waals surface area contributed by atoms with Gasteiger partial charge in [-0.05, 0) is 158 Å². The number of nitrogens with zero attached hydrogens (tertiary/aromatic N) is 3. The van der Waals surface area contributed by atoms with Gasteiger partial charge in [0.1, 0.15) is 129 Å². The van der Waals surface area contributed by atoms with Gasteiger partial charge < -0.3 is 166 Å². The van der Waals surface area contributed by atoms with Crippen LogP contribution in [-0.2, 0) is 99.5 Å². The lowest BCUT2D eigenvalue weighted by molar-refractivity contribution is -0.268. The number of hydrogen-bond acceptors (Lipinski definition) is 40. The third kappa shape index (κ3) is 28.3. The molecule has 0 aromatic heterocycles. The van der Waals surface area contributed by atoms with Gasteiger partial charge in [-0.25, -0.2) is 20.4 Å². The molecule has 0 bridgehead atoms. The molecule has 13 rings (SSSR count). The van der Waals surface area contributed by atoms with Gasteiger partial charge in [-0.3, -0.25) is 28.8 Å². The molecule has 790 valence electrons. The number of benzene rings is 6. The summed E-state index contributed by atoms with van der Waals surface area (Å²) in [6.45, 7) is 10.7. The third-order valence-corrected chi connectivity index (χ3v) is 25.3. The molecule has 0 saturated carbocycles. The lowest BCUT2D eigenvalue weighted by Gasteiger charge is -2.39. The topological polar surface area (TPSA) is 591 Å². The molecule has 145 heavy (non-hydrogen) atoms. The number of fused-ring (bicyclic) bond motifs is 4. The number of esters is 1. The number of nitrogens with one attached hydrogen (secondary N) is 1. The number of aryl methyl sites for hydroxylation is 1. The number of amides is 4. The molecule has 7 aliphatic heterocycles. The molecule has 0 radical (unpaired) electrons. The zero-order valence-corrected chi connectivity index (χ0v) is 81.0. The van der Waals surface area contributed by atoms with Gasteiger partial charge in [-0.15, -0.1) is 0 Å². The van der Waals surface area contributed by atoms with E-state index in [4.69, 9.17) is 95.9 Å². The third-order valence-electron chi connectivity index (χ3n) is 25.3. The average Bonchev–Trinajstić information content (AvgIpc) is 1.60. The van der Waals surface area contributed by atoms with Crippen molar-refractivity contribution in [2.24, 2.45) is 5.90 Å². The number of alkyl carbamates (subject to hydrolysis) is 1. The first kappa shape index (κ1) is 111. The summed E-state index contributed by atoms with van der Waals surface area (Å²) in [6.07, 6.45) is -23.8. The molecule has 0 spiro atoms. The summed E-state index contributed by atoms with van der Waals surface area (Å²) in [5.74, 6) is 0.473. The second kappa shape index (κ2) is 52.7. The van der Waals surface area contributed by atoms with Crippen molar-refractivity contribution in [3.05, 3.63) is 188 Å². The molecule has 6 aromatic rings. The summed E-state index contributed by atoms with van der Waals surface area (Å²) >= 11 is 0. The number of aliphatic hydroxyl groups is 11. The smallest absolute Gasteiger partial charge is 0.416 e. The number of carbonyl (C=O) groups excluding carboxylic acids is 8. The minimum absolute atomic E-state index is 0.000255. The lowest BCUT2D eigenvalue weighted by atomic mass is 9.86. The minimum atomic E-state index is -1.77. The van der Waals surface area contributed by atoms with E-state index in [0.717, 1.165) is 4.90 Å². The summed E-state index contributed by atoms with van der Waals surface area (Å²) in [6, 6.07) is 21.9. The summed E-state index contributed by atoms with van der Waals surface area (Å²) < 4.78 is 110. The Bertz CT molecular complexity index is 5490. The van der Waals surface area contributed by atoms with Crippen molar-refractivity contribution >= 4 is 53.0 Å². The second-order valence-electron chi connectivity index (χ2n) is 35.9. The molecular weight excluding hydrogens is 1910 g/mol. The average molecular weight is 2040 g/mol. The van der Waals surface area contributed by atoms with Crippen LogP contribution < -0.4 is 49.3 Å². The quantitative estimate of drug-likeness (QED) is 0.00647. The first-order valence-electron chi connectivity index (χ1n) is 47.6. The van der Waals surface area contributed by atoms with E-state index in [1.54, 1.807) is 31.2 Å². The summed E-state index contributed by atoms with van der Waals surface area (Å²) in [4.78, 5) is 122. The molecular formula is C101H127N5O39. The van der Waals surface area contributed by atoms with E-state index in [2.05, 4.69) is 23.3 Å². The van der Waals surface area contributed by atoms with Crippen LogP contribution in [0.1, 0.15) is 155 Å². The van der Waals surface area contributed by atoms with Crippen LogP contribution in [0.5, 0.6) is 40.2 Å². The fourth-order valence-electron chi connectivity index (χ4n) is 17.5. The van der Waals surface area contributed by atoms with Gasteiger partial charge in [0, 0.05) is 84.6 Å². The van der Waals surface area contributed by atoms with Gasteiger partial charge in [0.2, 0.25) is 18.9 Å². The van der Waals surface area contributed by atoms with Crippen LogP contribution in [-0.4, -0.2) is 351 Å². The number of ether oxygens (including phenoxy) is 19. The molecule has 44 heteroatoms. The molecule has 6 aromatic carbocycles. The lowest BCUT2D eigenvalue weighted by Crippen LogP contribution is -2.58. The van der Waals surface area contributed by atoms with Gasteiger partial charge in [-0.2, -0.15) is 0 Å². The highest BCUT2D eigenvalue weighted by molar-refractivity contribution is 6.07. The SMILES string of the molecule is C=C1C[C@H]2C(O)C(C(=O)OCc3ccc(O[C@@H]4O[C@H](C)[C@@H](O)[C@H](O)[C@H]4O)c(C(=O)CCCOC)c3)c3cc(OCc4cc(COc5cc6c(cc5OC)C(=O)N5CC(=C)C[C@H]5C(O)N6C(=O)OCc5ccc(O[C@@H]6OC[C@@H](O)[C@H](O)[C@H]6O)c(C(=O)CCCOC)c5)cc(OCCOCCOCCNC(=O)OCc5ccc(O[C@@H]6OC[C@@H](O)[C@H](O)[C@H]6O)c(C(=O)CCCOCCOCCON)c5)c4)c(C)cc3C(=O)N2C1. The van der Waals surface area contributed by atoms with E-state index in [9.17, 15) is 89.7 Å². The molecule has 5 saturated heterocycles. The van der Waals surface area contributed by atoms with E-state index in [1.165, 1.54) is 111 Å². The number of aliphatic hydroxyl groups excluding tert-OH is 11. The summed E-state index contributed by atoms with van der Waals surface area (Å²) in [5.41, 5.74) is 3.39. The molecule has 0 aliphatic carbocycles. The van der Waals surface area contributed by atoms with E-state index < -0.39 is 172 Å². The van der Waals surface area contributed by atoms with E-state index in [-0.39, 0.29) is 254 Å². The first-order valence-corrected chi connectivity index (χ1v) is 47.6. The van der Waals surface area contributed by atoms with Crippen molar-refractivity contribution < 1.29 is 189 Å². The van der Waals surface area contributed by atoms with Gasteiger partial charge in [0.05, 0.1) is 125 Å². The number of nitrogens with two attached hydrogens (primary N) is 1. The van der Waals surface area contributed by atoms with Crippen molar-refractivity contribution in [2.75, 3.05) is 138 Å². The van der Waals surface area contributed by atoms with E-state index in [0.29, 0.717) is 52.7 Å². The highest BCUT2D eigenvalue weighted by Crippen LogP contribution is 2.46. The van der Waals surface area contributed by atoms with Gasteiger partial charge in [0.25, 0.3) is 11.8 Å². The maximum Gasteiger partial charge on any atom is 0.416 e. The van der Waals surface area contributed by atoms with Gasteiger partial charge in [-0.1, -0.05) is 42.5 Å². The van der Waals surface area contributed by atoms with Crippen LogP contribution in [0.15, 0.2) is 121 Å². The van der Waals surface area contributed by atoms with E-state index >= 15 is 4.79 Å². The van der Waals surface area contributed by atoms with Crippen molar-refractivity contribution in [2.45, 2.75) is 208 Å². The Kier molecular flexibility index (Phi) is 40.2. The van der Waals surface area contributed by atoms with Crippen molar-refractivity contribution in [1.82, 2.24) is 15.1 Å². The largest absolute Gasteiger partial charge is 0.493 e. The Morgan fingerprint density at radius 3 is 1.49 bits per heavy atom. The molecule has 18 atom stereocenters. The van der Waals surface area contributed by atoms with Gasteiger partial charge in [0.15, 0.2) is 35.1 Å². The standard InChI is InChI=1S/C101H127N5O39/c1-54-33-71-86(113)84(96(123)136-47-58-14-19-80(69(39-58)74(108)12-9-22-127-6)145-99-92(119)89(116)85(112)57(4)142-99)64-42-81(56(3)35-65(64)93(120)104(71)45-54)134-50-61-36-62(38-63(37-61)133-31-29-131-28-26-130-24-20-103-100(124)139-48-59-15-17-78(143-97-90(117)87(114)76(110)52-137-97)67(40-59)75(109)13-10-23-129-25-27-132-30-32-141-102)51-135-83-44-70-66(43-82(83)128-7)94(121)105-46-55(2)34-72(105)95(122)106(70)101(125)140-49-60-16-18-79(68(41-60)73(107)11-8-21-126-5)144-98-91(118)88(115)77(111)53-138-98/h14-19,35-44,57,71-72,76-77,84-92,95,97-99,110-119,122H,1-2,8-13,20-34,45-53,102H2,3-7H3,(H,103,124)/t57-,71+,72+,76-,77-,84?,85-,86?,87+,88+,89+,90-,91-,92-,95?,97+,98+,99+/m1/s1. The normalized spacial score (nSPS) is 24.4. The maximum atomic E-state index is 15.0. The Hall–Kier alpha value is -11.5. The minimum Gasteiger partial charge on any atom is -0.493 e.